The number of carbonyl (C=O) groups is 3. The van der Waals surface area contributed by atoms with Crippen LogP contribution >= 0.6 is 0 Å². The van der Waals surface area contributed by atoms with Crippen LogP contribution in [0.4, 0.5) is 5.69 Å². The van der Waals surface area contributed by atoms with Gasteiger partial charge in [-0.2, -0.15) is 5.26 Å². The van der Waals surface area contributed by atoms with E-state index in [4.69, 9.17) is 0 Å². The summed E-state index contributed by atoms with van der Waals surface area (Å²) in [5.41, 5.74) is 6.78. The molecule has 1 spiro atoms. The van der Waals surface area contributed by atoms with Gasteiger partial charge in [-0.05, 0) is 56.6 Å². The third-order valence-electron chi connectivity index (χ3n) is 9.52. The molecule has 0 aromatic heterocycles. The molecule has 10 nitrogen and oxygen atoms in total. The van der Waals surface area contributed by atoms with Crippen LogP contribution in [-0.4, -0.2) is 89.9 Å². The molecule has 5 fully saturated rings. The van der Waals surface area contributed by atoms with Gasteiger partial charge in [0.2, 0.25) is 11.8 Å². The predicted molar refractivity (Wildman–Crippen MR) is 140 cm³/mol. The van der Waals surface area contributed by atoms with Crippen molar-refractivity contribution in [2.75, 3.05) is 50.8 Å². The number of hydrogen-bond donors (Lipinski definition) is 2. The van der Waals surface area contributed by atoms with Crippen LogP contribution < -0.4 is 15.8 Å². The Labute approximate surface area is 223 Å². The number of fused-ring (bicyclic) bond motifs is 1. The SMILES string of the molecule is N#CC1CCN(C(=O)CN2CN(c3ccccc3)C3(CCN(C(=O)C4CCC5NNCC5C4)CC3)C2=O)C1. The van der Waals surface area contributed by atoms with E-state index in [1.165, 1.54) is 0 Å². The van der Waals surface area contributed by atoms with Crippen molar-refractivity contribution >= 4 is 23.4 Å². The van der Waals surface area contributed by atoms with Gasteiger partial charge in [-0.1, -0.05) is 18.2 Å². The lowest BCUT2D eigenvalue weighted by molar-refractivity contribution is -0.143. The fourth-order valence-electron chi connectivity index (χ4n) is 7.26. The highest BCUT2D eigenvalue weighted by Crippen LogP contribution is 2.40. The van der Waals surface area contributed by atoms with Gasteiger partial charge in [-0.25, -0.2) is 0 Å². The number of benzene rings is 1. The van der Waals surface area contributed by atoms with Crippen molar-refractivity contribution in [3.63, 3.8) is 0 Å². The lowest BCUT2D eigenvalue weighted by Gasteiger charge is -2.44. The van der Waals surface area contributed by atoms with Gasteiger partial charge in [-0.3, -0.25) is 25.2 Å². The average Bonchev–Trinajstić information content (AvgIpc) is 3.69. The third kappa shape index (κ3) is 4.41. The minimum absolute atomic E-state index is 0.0252. The lowest BCUT2D eigenvalue weighted by Crippen LogP contribution is -2.58. The van der Waals surface area contributed by atoms with Gasteiger partial charge in [0.25, 0.3) is 5.91 Å². The predicted octanol–water partition coefficient (Wildman–Crippen LogP) is 0.919. The highest BCUT2D eigenvalue weighted by atomic mass is 16.2. The molecule has 4 heterocycles. The summed E-state index contributed by atoms with van der Waals surface area (Å²) in [6.07, 6.45) is 4.64. The molecule has 4 aliphatic heterocycles. The van der Waals surface area contributed by atoms with Crippen LogP contribution in [0, 0.1) is 29.1 Å². The number of rotatable bonds is 4. The van der Waals surface area contributed by atoms with Crippen LogP contribution in [-0.2, 0) is 14.4 Å². The van der Waals surface area contributed by atoms with Gasteiger partial charge >= 0.3 is 0 Å². The van der Waals surface area contributed by atoms with Crippen molar-refractivity contribution in [3.8, 4) is 6.07 Å². The van der Waals surface area contributed by atoms with Crippen LogP contribution in [0.5, 0.6) is 0 Å². The maximum Gasteiger partial charge on any atom is 0.250 e. The first kappa shape index (κ1) is 25.1. The summed E-state index contributed by atoms with van der Waals surface area (Å²) in [6, 6.07) is 12.6. The summed E-state index contributed by atoms with van der Waals surface area (Å²) in [5, 5.41) is 9.21. The Morgan fingerprint density at radius 1 is 1.05 bits per heavy atom. The standard InChI is InChI=1S/C28H37N7O3/c29-15-20-8-11-33(17-20)25(36)18-34-19-35(23-4-2-1-3-5-23)28(27(34)38)9-12-32(13-10-28)26(37)21-6-7-24-22(14-21)16-30-31-24/h1-5,20-22,24,30-31H,6-14,16-19H2. The summed E-state index contributed by atoms with van der Waals surface area (Å²) in [5.74, 6) is 0.544. The number of anilines is 1. The Hall–Kier alpha value is -3.16. The zero-order valence-corrected chi connectivity index (χ0v) is 21.8. The van der Waals surface area contributed by atoms with E-state index >= 15 is 0 Å². The summed E-state index contributed by atoms with van der Waals surface area (Å²) in [7, 11) is 0. The second-order valence-electron chi connectivity index (χ2n) is 11.6. The van der Waals surface area contributed by atoms with Gasteiger partial charge in [0, 0.05) is 50.4 Å². The minimum Gasteiger partial charge on any atom is -0.342 e. The molecule has 0 radical (unpaired) electrons. The second kappa shape index (κ2) is 10.2. The summed E-state index contributed by atoms with van der Waals surface area (Å²) >= 11 is 0. The van der Waals surface area contributed by atoms with Crippen molar-refractivity contribution in [1.29, 1.82) is 5.26 Å². The summed E-state index contributed by atoms with van der Waals surface area (Å²) in [6.45, 7) is 3.40. The smallest absolute Gasteiger partial charge is 0.250 e. The molecule has 3 amide bonds. The van der Waals surface area contributed by atoms with Gasteiger partial charge < -0.3 is 19.6 Å². The van der Waals surface area contributed by atoms with Gasteiger partial charge in [-0.15, -0.1) is 0 Å². The molecule has 38 heavy (non-hydrogen) atoms. The number of amides is 3. The Morgan fingerprint density at radius 3 is 2.58 bits per heavy atom. The topological polar surface area (TPSA) is 112 Å². The van der Waals surface area contributed by atoms with Crippen LogP contribution in [0.2, 0.25) is 0 Å². The second-order valence-corrected chi connectivity index (χ2v) is 11.6. The molecule has 202 valence electrons. The molecule has 4 atom stereocenters. The summed E-state index contributed by atoms with van der Waals surface area (Å²) in [4.78, 5) is 48.0. The summed E-state index contributed by atoms with van der Waals surface area (Å²) < 4.78 is 0. The van der Waals surface area contributed by atoms with Gasteiger partial charge in [0.15, 0.2) is 0 Å². The van der Waals surface area contributed by atoms with E-state index in [0.717, 1.165) is 31.5 Å². The van der Waals surface area contributed by atoms with Gasteiger partial charge in [0.05, 0.1) is 18.7 Å². The van der Waals surface area contributed by atoms with E-state index in [9.17, 15) is 19.6 Å². The van der Waals surface area contributed by atoms with Crippen LogP contribution in [0.25, 0.3) is 0 Å². The van der Waals surface area contributed by atoms with E-state index in [2.05, 4.69) is 21.8 Å². The molecular formula is C28H37N7O3. The molecule has 10 heteroatoms. The largest absolute Gasteiger partial charge is 0.342 e. The normalized spacial score (nSPS) is 30.6. The number of hydrogen-bond acceptors (Lipinski definition) is 7. The van der Waals surface area contributed by atoms with E-state index in [1.807, 2.05) is 35.2 Å². The van der Waals surface area contributed by atoms with E-state index in [1.54, 1.807) is 9.80 Å². The first-order valence-corrected chi connectivity index (χ1v) is 14.0. The van der Waals surface area contributed by atoms with Crippen molar-refractivity contribution in [2.45, 2.75) is 50.1 Å². The lowest BCUT2D eigenvalue weighted by atomic mass is 9.77. The Morgan fingerprint density at radius 2 is 1.84 bits per heavy atom. The fourth-order valence-corrected chi connectivity index (χ4v) is 7.26. The molecule has 6 rings (SSSR count). The maximum absolute atomic E-state index is 14.0. The molecule has 2 N–H and O–H groups in total. The number of piperidine rings is 1. The van der Waals surface area contributed by atoms with E-state index in [-0.39, 0.29) is 36.1 Å². The fraction of sp³-hybridized carbons (Fsp3) is 0.643. The highest BCUT2D eigenvalue weighted by Gasteiger charge is 2.55. The monoisotopic (exact) mass is 519 g/mol. The quantitative estimate of drug-likeness (QED) is 0.608. The first-order chi connectivity index (χ1) is 18.5. The number of para-hydroxylation sites is 1. The zero-order chi connectivity index (χ0) is 26.3. The van der Waals surface area contributed by atoms with E-state index in [0.29, 0.717) is 64.1 Å². The Kier molecular flexibility index (Phi) is 6.74. The molecule has 4 saturated heterocycles. The molecule has 1 aromatic rings. The maximum atomic E-state index is 14.0. The van der Waals surface area contributed by atoms with Crippen LogP contribution in [0.3, 0.4) is 0 Å². The molecule has 1 aromatic carbocycles. The first-order valence-electron chi connectivity index (χ1n) is 14.0. The number of hydrazine groups is 1. The Balaban J connectivity index is 1.15. The van der Waals surface area contributed by atoms with Crippen molar-refractivity contribution in [3.05, 3.63) is 30.3 Å². The molecule has 0 bridgehead atoms. The number of nitrogens with zero attached hydrogens (tertiary/aromatic N) is 5. The molecule has 4 unspecified atom stereocenters. The van der Waals surface area contributed by atoms with Crippen molar-refractivity contribution in [1.82, 2.24) is 25.6 Å². The van der Waals surface area contributed by atoms with Crippen LogP contribution in [0.15, 0.2) is 30.3 Å². The highest BCUT2D eigenvalue weighted by molar-refractivity contribution is 5.96. The molecule has 1 aliphatic carbocycles. The van der Waals surface area contributed by atoms with Gasteiger partial charge in [0.1, 0.15) is 12.1 Å². The number of nitrogens with one attached hydrogen (secondary N) is 2. The van der Waals surface area contributed by atoms with E-state index < -0.39 is 5.54 Å². The third-order valence-corrected chi connectivity index (χ3v) is 9.52. The average molecular weight is 520 g/mol. The number of carbonyl (C=O) groups excluding carboxylic acids is 3. The Bertz CT molecular complexity index is 1110. The zero-order valence-electron chi connectivity index (χ0n) is 21.8. The molecule has 5 aliphatic rings. The molecule has 1 saturated carbocycles. The minimum atomic E-state index is -0.754. The van der Waals surface area contributed by atoms with Crippen LogP contribution in [0.1, 0.15) is 38.5 Å². The van der Waals surface area contributed by atoms with Crippen molar-refractivity contribution in [2.24, 2.45) is 17.8 Å². The number of nitriles is 1. The van der Waals surface area contributed by atoms with Crippen molar-refractivity contribution < 1.29 is 14.4 Å². The number of likely N-dealkylation sites (tertiary alicyclic amines) is 2. The molecular weight excluding hydrogens is 482 g/mol.